The Balaban J connectivity index is 2.09. The molecule has 2 aromatic rings. The maximum atomic E-state index is 12.3. The van der Waals surface area contributed by atoms with Crippen LogP contribution < -0.4 is 5.32 Å². The lowest BCUT2D eigenvalue weighted by molar-refractivity contribution is 0.216. The summed E-state index contributed by atoms with van der Waals surface area (Å²) in [7, 11) is 1.75. The second-order valence-electron chi connectivity index (χ2n) is 6.16. The molecule has 0 aliphatic carbocycles. The van der Waals surface area contributed by atoms with Crippen LogP contribution in [0.25, 0.3) is 0 Å². The van der Waals surface area contributed by atoms with Gasteiger partial charge in [0.05, 0.1) is 12.8 Å². The first-order valence-electron chi connectivity index (χ1n) is 7.02. The van der Waals surface area contributed by atoms with Gasteiger partial charge in [0.25, 0.3) is 0 Å². The van der Waals surface area contributed by atoms with Crippen LogP contribution >= 0.6 is 0 Å². The Hall–Kier alpha value is -2.23. The molecule has 0 bridgehead atoms. The molecule has 21 heavy (non-hydrogen) atoms. The molecular weight excluding hydrogens is 264 g/mol. The van der Waals surface area contributed by atoms with E-state index in [4.69, 9.17) is 4.42 Å². The van der Waals surface area contributed by atoms with Crippen molar-refractivity contribution in [1.82, 2.24) is 4.90 Å². The number of nitrogens with one attached hydrogen (secondary N) is 1. The SMILES string of the molecule is CN(Cc1ccco1)C(=O)Nc1ccccc1C(C)(C)C. The maximum absolute atomic E-state index is 12.3. The zero-order chi connectivity index (χ0) is 15.5. The quantitative estimate of drug-likeness (QED) is 0.917. The fourth-order valence-electron chi connectivity index (χ4n) is 2.16. The van der Waals surface area contributed by atoms with E-state index in [1.807, 2.05) is 36.4 Å². The average molecular weight is 286 g/mol. The zero-order valence-electron chi connectivity index (χ0n) is 13.0. The second kappa shape index (κ2) is 6.04. The summed E-state index contributed by atoms with van der Waals surface area (Å²) in [5.41, 5.74) is 1.94. The fourth-order valence-corrected chi connectivity index (χ4v) is 2.16. The van der Waals surface area contributed by atoms with Gasteiger partial charge in [-0.05, 0) is 29.2 Å². The van der Waals surface area contributed by atoms with Gasteiger partial charge in [-0.3, -0.25) is 0 Å². The van der Waals surface area contributed by atoms with Crippen LogP contribution in [0.2, 0.25) is 0 Å². The number of carbonyl (C=O) groups is 1. The normalized spacial score (nSPS) is 11.2. The van der Waals surface area contributed by atoms with Crippen LogP contribution in [0.15, 0.2) is 47.1 Å². The molecule has 0 spiro atoms. The molecule has 1 heterocycles. The molecule has 0 aliphatic rings. The number of hydrogen-bond acceptors (Lipinski definition) is 2. The monoisotopic (exact) mass is 286 g/mol. The van der Waals surface area contributed by atoms with Gasteiger partial charge in [-0.25, -0.2) is 4.79 Å². The van der Waals surface area contributed by atoms with Crippen molar-refractivity contribution in [2.24, 2.45) is 0 Å². The maximum Gasteiger partial charge on any atom is 0.322 e. The molecule has 0 unspecified atom stereocenters. The van der Waals surface area contributed by atoms with Gasteiger partial charge < -0.3 is 14.6 Å². The van der Waals surface area contributed by atoms with Gasteiger partial charge in [0.1, 0.15) is 5.76 Å². The lowest BCUT2D eigenvalue weighted by Gasteiger charge is -2.24. The molecule has 0 saturated heterocycles. The van der Waals surface area contributed by atoms with Crippen molar-refractivity contribution < 1.29 is 9.21 Å². The highest BCUT2D eigenvalue weighted by Crippen LogP contribution is 2.29. The first kappa shape index (κ1) is 15.2. The first-order valence-corrected chi connectivity index (χ1v) is 7.02. The van der Waals surface area contributed by atoms with E-state index >= 15 is 0 Å². The predicted molar refractivity (Wildman–Crippen MR) is 84.3 cm³/mol. The summed E-state index contributed by atoms with van der Waals surface area (Å²) >= 11 is 0. The summed E-state index contributed by atoms with van der Waals surface area (Å²) in [5.74, 6) is 0.761. The van der Waals surface area contributed by atoms with E-state index in [-0.39, 0.29) is 11.4 Å². The second-order valence-corrected chi connectivity index (χ2v) is 6.16. The minimum absolute atomic E-state index is 0.0243. The number of urea groups is 1. The highest BCUT2D eigenvalue weighted by molar-refractivity contribution is 5.90. The van der Waals surface area contributed by atoms with Crippen LogP contribution in [-0.2, 0) is 12.0 Å². The molecular formula is C17H22N2O2. The molecule has 1 aromatic carbocycles. The van der Waals surface area contributed by atoms with E-state index in [0.717, 1.165) is 17.0 Å². The first-order chi connectivity index (χ1) is 9.88. The molecule has 4 nitrogen and oxygen atoms in total. The minimum atomic E-state index is -0.150. The van der Waals surface area contributed by atoms with E-state index in [1.54, 1.807) is 18.2 Å². The van der Waals surface area contributed by atoms with E-state index in [1.165, 1.54) is 0 Å². The van der Waals surface area contributed by atoms with Crippen molar-refractivity contribution in [2.45, 2.75) is 32.7 Å². The van der Waals surface area contributed by atoms with Crippen molar-refractivity contribution in [2.75, 3.05) is 12.4 Å². The molecule has 0 atom stereocenters. The molecule has 0 radical (unpaired) electrons. The van der Waals surface area contributed by atoms with Gasteiger partial charge in [-0.15, -0.1) is 0 Å². The van der Waals surface area contributed by atoms with Crippen molar-refractivity contribution in [3.05, 3.63) is 54.0 Å². The molecule has 2 amide bonds. The summed E-state index contributed by atoms with van der Waals surface area (Å²) in [6, 6.07) is 11.4. The largest absolute Gasteiger partial charge is 0.467 e. The third kappa shape index (κ3) is 3.88. The Labute approximate surface area is 125 Å². The van der Waals surface area contributed by atoms with Crippen molar-refractivity contribution in [3.63, 3.8) is 0 Å². The van der Waals surface area contributed by atoms with Crippen LogP contribution in [0, 0.1) is 0 Å². The molecule has 1 aromatic heterocycles. The van der Waals surface area contributed by atoms with Gasteiger partial charge in [0.15, 0.2) is 0 Å². The number of benzene rings is 1. The van der Waals surface area contributed by atoms with Crippen LogP contribution in [0.1, 0.15) is 32.1 Å². The smallest absolute Gasteiger partial charge is 0.322 e. The lowest BCUT2D eigenvalue weighted by Crippen LogP contribution is -2.31. The summed E-state index contributed by atoms with van der Waals surface area (Å²) in [4.78, 5) is 13.9. The summed E-state index contributed by atoms with van der Waals surface area (Å²) < 4.78 is 5.26. The number of hydrogen-bond donors (Lipinski definition) is 1. The van der Waals surface area contributed by atoms with Crippen LogP contribution in [0.4, 0.5) is 10.5 Å². The van der Waals surface area contributed by atoms with E-state index in [2.05, 4.69) is 26.1 Å². The Morgan fingerprint density at radius 3 is 2.52 bits per heavy atom. The molecule has 1 N–H and O–H groups in total. The number of nitrogens with zero attached hydrogens (tertiary/aromatic N) is 1. The Bertz CT molecular complexity index is 598. The molecule has 0 saturated carbocycles. The van der Waals surface area contributed by atoms with Crippen molar-refractivity contribution in [1.29, 1.82) is 0 Å². The number of anilines is 1. The summed E-state index contributed by atoms with van der Waals surface area (Å²) in [6.45, 7) is 6.83. The van der Waals surface area contributed by atoms with E-state index in [9.17, 15) is 4.79 Å². The average Bonchev–Trinajstić information content (AvgIpc) is 2.91. The van der Waals surface area contributed by atoms with Gasteiger partial charge in [-0.1, -0.05) is 39.0 Å². The van der Waals surface area contributed by atoms with E-state index in [0.29, 0.717) is 6.54 Å². The molecule has 112 valence electrons. The van der Waals surface area contributed by atoms with Crippen molar-refractivity contribution >= 4 is 11.7 Å². The summed E-state index contributed by atoms with van der Waals surface area (Å²) in [5, 5.41) is 2.97. The van der Waals surface area contributed by atoms with Crippen molar-refractivity contribution in [3.8, 4) is 0 Å². The van der Waals surface area contributed by atoms with Gasteiger partial charge in [0.2, 0.25) is 0 Å². The third-order valence-electron chi connectivity index (χ3n) is 3.30. The number of rotatable bonds is 3. The van der Waals surface area contributed by atoms with Crippen LogP contribution in [0.3, 0.4) is 0 Å². The Kier molecular flexibility index (Phi) is 4.36. The zero-order valence-corrected chi connectivity index (χ0v) is 13.0. The van der Waals surface area contributed by atoms with Gasteiger partial charge in [-0.2, -0.15) is 0 Å². The highest BCUT2D eigenvalue weighted by Gasteiger charge is 2.19. The predicted octanol–water partition coefficient (Wildman–Crippen LogP) is 4.24. The highest BCUT2D eigenvalue weighted by atomic mass is 16.3. The molecule has 0 aliphatic heterocycles. The molecule has 4 heteroatoms. The summed E-state index contributed by atoms with van der Waals surface area (Å²) in [6.07, 6.45) is 1.61. The Morgan fingerprint density at radius 1 is 1.19 bits per heavy atom. The standard InChI is InChI=1S/C17H22N2O2/c1-17(2,3)14-9-5-6-10-15(14)18-16(20)19(4)12-13-8-7-11-21-13/h5-11H,12H2,1-4H3,(H,18,20). The minimum Gasteiger partial charge on any atom is -0.467 e. The van der Waals surface area contributed by atoms with Gasteiger partial charge in [0, 0.05) is 12.7 Å². The molecule has 0 fully saturated rings. The number of carbonyl (C=O) groups excluding carboxylic acids is 1. The lowest BCUT2D eigenvalue weighted by atomic mass is 9.86. The Morgan fingerprint density at radius 2 is 1.90 bits per heavy atom. The van der Waals surface area contributed by atoms with Crippen LogP contribution in [0.5, 0.6) is 0 Å². The van der Waals surface area contributed by atoms with Crippen LogP contribution in [-0.4, -0.2) is 18.0 Å². The molecule has 2 rings (SSSR count). The topological polar surface area (TPSA) is 45.5 Å². The fraction of sp³-hybridized carbons (Fsp3) is 0.353. The number of para-hydroxylation sites is 1. The van der Waals surface area contributed by atoms with Gasteiger partial charge >= 0.3 is 6.03 Å². The third-order valence-corrected chi connectivity index (χ3v) is 3.30. The van der Waals surface area contributed by atoms with E-state index < -0.39 is 0 Å². The number of amides is 2. The number of furan rings is 1.